The Kier molecular flexibility index (Phi) is 5.80. The van der Waals surface area contributed by atoms with Crippen molar-refractivity contribution in [1.82, 2.24) is 14.1 Å². The molecule has 5 nitrogen and oxygen atoms in total. The van der Waals surface area contributed by atoms with Crippen molar-refractivity contribution in [3.05, 3.63) is 170 Å². The predicted molar refractivity (Wildman–Crippen MR) is 216 cm³/mol. The van der Waals surface area contributed by atoms with Crippen molar-refractivity contribution in [3.8, 4) is 45.8 Å². The number of nitrogens with zero attached hydrogens (tertiary/aromatic N) is 3. The van der Waals surface area contributed by atoms with Crippen molar-refractivity contribution < 1.29 is 9.47 Å². The Morgan fingerprint density at radius 3 is 1.36 bits per heavy atom. The van der Waals surface area contributed by atoms with E-state index >= 15 is 0 Å². The first-order chi connectivity index (χ1) is 26.3. The summed E-state index contributed by atoms with van der Waals surface area (Å²) < 4.78 is 18.1. The molecule has 2 aliphatic rings. The van der Waals surface area contributed by atoms with E-state index < -0.39 is 0 Å². The van der Waals surface area contributed by atoms with E-state index in [4.69, 9.17) is 14.5 Å². The molecular weight excluding hydrogens is 649 g/mol. The van der Waals surface area contributed by atoms with Crippen LogP contribution in [0.25, 0.3) is 66.4 Å². The highest BCUT2D eigenvalue weighted by Crippen LogP contribution is 2.42. The summed E-state index contributed by atoms with van der Waals surface area (Å²) in [7, 11) is 0. The molecule has 12 rings (SSSR count). The van der Waals surface area contributed by atoms with E-state index in [0.29, 0.717) is 0 Å². The first-order valence-corrected chi connectivity index (χ1v) is 18.0. The van der Waals surface area contributed by atoms with E-state index in [-0.39, 0.29) is 6.71 Å². The van der Waals surface area contributed by atoms with Gasteiger partial charge in [-0.25, -0.2) is 4.98 Å². The zero-order valence-electron chi connectivity index (χ0n) is 28.4. The van der Waals surface area contributed by atoms with Crippen molar-refractivity contribution in [2.75, 3.05) is 0 Å². The highest BCUT2D eigenvalue weighted by atomic mass is 16.5. The lowest BCUT2D eigenvalue weighted by Gasteiger charge is -2.33. The van der Waals surface area contributed by atoms with Crippen molar-refractivity contribution in [2.45, 2.75) is 0 Å². The van der Waals surface area contributed by atoms with E-state index in [0.717, 1.165) is 84.2 Å². The maximum absolute atomic E-state index is 6.74. The van der Waals surface area contributed by atoms with E-state index in [1.165, 1.54) is 21.5 Å². The fraction of sp³-hybridized carbons (Fsp3) is 0. The average molecular weight is 678 g/mol. The van der Waals surface area contributed by atoms with Gasteiger partial charge in [-0.2, -0.15) is 0 Å². The molecule has 0 saturated heterocycles. The molecule has 5 heterocycles. The summed E-state index contributed by atoms with van der Waals surface area (Å²) in [5.74, 6) is 5.01. The lowest BCUT2D eigenvalue weighted by Crippen LogP contribution is -2.57. The maximum atomic E-state index is 6.74. The molecule has 2 aliphatic heterocycles. The number of aromatic nitrogens is 3. The normalized spacial score (nSPS) is 12.8. The van der Waals surface area contributed by atoms with Crippen molar-refractivity contribution in [1.29, 1.82) is 0 Å². The summed E-state index contributed by atoms with van der Waals surface area (Å²) in [5.41, 5.74) is 9.71. The molecule has 0 bridgehead atoms. The Bertz CT molecular complexity index is 2980. The van der Waals surface area contributed by atoms with Crippen LogP contribution in [0.3, 0.4) is 0 Å². The van der Waals surface area contributed by atoms with E-state index in [2.05, 4.69) is 167 Å². The van der Waals surface area contributed by atoms with Gasteiger partial charge in [0, 0.05) is 32.6 Å². The van der Waals surface area contributed by atoms with Crippen LogP contribution in [0.15, 0.2) is 170 Å². The van der Waals surface area contributed by atoms with Crippen LogP contribution in [0.5, 0.6) is 23.0 Å². The summed E-state index contributed by atoms with van der Waals surface area (Å²) in [6, 6.07) is 59.8. The fourth-order valence-electron chi connectivity index (χ4n) is 8.83. The Balaban J connectivity index is 1.16. The smallest absolute Gasteiger partial charge is 0.260 e. The molecule has 10 aromatic rings. The summed E-state index contributed by atoms with van der Waals surface area (Å²) in [5, 5.41) is 4.76. The van der Waals surface area contributed by atoms with Gasteiger partial charge in [-0.3, -0.25) is 9.13 Å². The van der Waals surface area contributed by atoms with Crippen LogP contribution in [-0.2, 0) is 0 Å². The van der Waals surface area contributed by atoms with Gasteiger partial charge in [0.25, 0.3) is 6.71 Å². The van der Waals surface area contributed by atoms with Gasteiger partial charge in [0.05, 0.1) is 22.1 Å². The minimum atomic E-state index is 0.0107. The monoisotopic (exact) mass is 677 g/mol. The first-order valence-electron chi connectivity index (χ1n) is 18.0. The fourth-order valence-corrected chi connectivity index (χ4v) is 8.83. The van der Waals surface area contributed by atoms with Gasteiger partial charge >= 0.3 is 0 Å². The van der Waals surface area contributed by atoms with E-state index in [9.17, 15) is 0 Å². The van der Waals surface area contributed by atoms with Gasteiger partial charge < -0.3 is 9.47 Å². The van der Waals surface area contributed by atoms with Crippen LogP contribution in [-0.4, -0.2) is 20.8 Å². The van der Waals surface area contributed by atoms with Crippen molar-refractivity contribution >= 4 is 66.7 Å². The molecule has 6 heteroatoms. The molecule has 246 valence electrons. The standard InChI is InChI=1S/C47H28BN3O2/c1-7-19-37-31(13-1)32-14-2-8-20-38(32)50(37)45-26-25-30(47(49-45)51-39-21-9-3-15-33(39)34-16-4-10-22-40(34)51)29-27-43-46-44(28-29)53-42-24-12-6-18-36(42)48(46)35-17-5-11-23-41(35)52-43/h1-28H. The number of pyridine rings is 1. The van der Waals surface area contributed by atoms with Crippen LogP contribution >= 0.6 is 0 Å². The Morgan fingerprint density at radius 2 is 0.849 bits per heavy atom. The lowest BCUT2D eigenvalue weighted by molar-refractivity contribution is 0.465. The Morgan fingerprint density at radius 1 is 0.415 bits per heavy atom. The van der Waals surface area contributed by atoms with E-state index in [1.54, 1.807) is 0 Å². The predicted octanol–water partition coefficient (Wildman–Crippen LogP) is 9.67. The second-order valence-corrected chi connectivity index (χ2v) is 13.9. The molecule has 0 spiro atoms. The summed E-state index contributed by atoms with van der Waals surface area (Å²) in [6.07, 6.45) is 0. The summed E-state index contributed by atoms with van der Waals surface area (Å²) in [6.45, 7) is 0.0107. The molecule has 53 heavy (non-hydrogen) atoms. The Labute approximate surface area is 305 Å². The quantitative estimate of drug-likeness (QED) is 0.175. The number of hydrogen-bond acceptors (Lipinski definition) is 3. The highest BCUT2D eigenvalue weighted by molar-refractivity contribution is 6.98. The zero-order chi connectivity index (χ0) is 34.6. The number of rotatable bonds is 3. The zero-order valence-corrected chi connectivity index (χ0v) is 28.4. The van der Waals surface area contributed by atoms with Crippen LogP contribution in [0.2, 0.25) is 0 Å². The third kappa shape index (κ3) is 4.00. The molecule has 0 saturated carbocycles. The van der Waals surface area contributed by atoms with Gasteiger partial charge in [0.2, 0.25) is 0 Å². The molecule has 0 radical (unpaired) electrons. The molecule has 0 atom stereocenters. The minimum Gasteiger partial charge on any atom is -0.458 e. The summed E-state index contributed by atoms with van der Waals surface area (Å²) >= 11 is 0. The largest absolute Gasteiger partial charge is 0.458 e. The molecule has 0 N–H and O–H groups in total. The molecule has 0 fully saturated rings. The van der Waals surface area contributed by atoms with Gasteiger partial charge in [0.15, 0.2) is 0 Å². The van der Waals surface area contributed by atoms with Gasteiger partial charge in [-0.15, -0.1) is 0 Å². The third-order valence-corrected chi connectivity index (χ3v) is 11.1. The average Bonchev–Trinajstić information content (AvgIpc) is 3.73. The van der Waals surface area contributed by atoms with Gasteiger partial charge in [-0.05, 0) is 77.2 Å². The first kappa shape index (κ1) is 28.6. The Hall–Kier alpha value is -7.05. The second kappa shape index (κ2) is 10.7. The molecule has 0 unspecified atom stereocenters. The van der Waals surface area contributed by atoms with E-state index in [1.807, 2.05) is 12.1 Å². The molecule has 0 amide bonds. The van der Waals surface area contributed by atoms with Gasteiger partial charge in [0.1, 0.15) is 34.6 Å². The van der Waals surface area contributed by atoms with Crippen LogP contribution in [0.4, 0.5) is 0 Å². The topological polar surface area (TPSA) is 41.2 Å². The maximum Gasteiger partial charge on any atom is 0.260 e. The van der Waals surface area contributed by atoms with Crippen LogP contribution in [0.1, 0.15) is 0 Å². The third-order valence-electron chi connectivity index (χ3n) is 11.1. The van der Waals surface area contributed by atoms with Crippen molar-refractivity contribution in [2.24, 2.45) is 0 Å². The number of ether oxygens (including phenoxy) is 2. The number of hydrogen-bond donors (Lipinski definition) is 0. The summed E-state index contributed by atoms with van der Waals surface area (Å²) in [4.78, 5) is 5.65. The number of fused-ring (bicyclic) bond motifs is 10. The van der Waals surface area contributed by atoms with Crippen molar-refractivity contribution in [3.63, 3.8) is 0 Å². The lowest BCUT2D eigenvalue weighted by atomic mass is 9.35. The van der Waals surface area contributed by atoms with Crippen LogP contribution < -0.4 is 25.9 Å². The number of benzene rings is 7. The molecule has 3 aromatic heterocycles. The second-order valence-electron chi connectivity index (χ2n) is 13.9. The van der Waals surface area contributed by atoms with Gasteiger partial charge in [-0.1, -0.05) is 109 Å². The van der Waals surface area contributed by atoms with Crippen LogP contribution in [0, 0.1) is 0 Å². The minimum absolute atomic E-state index is 0.0107. The molecular formula is C47H28BN3O2. The SMILES string of the molecule is c1ccc2c(c1)Oc1cc(-c3ccc(-n4c5ccccc5c5ccccc54)nc3-n3c4ccccc4c4ccccc43)cc3c1B2c1ccccc1O3. The molecule has 0 aliphatic carbocycles. The highest BCUT2D eigenvalue weighted by Gasteiger charge is 2.40. The molecule has 7 aromatic carbocycles. The number of para-hydroxylation sites is 6.